The molecule has 3 rings (SSSR count). The molecule has 1 aliphatic rings. The van der Waals surface area contributed by atoms with Crippen molar-refractivity contribution in [2.24, 2.45) is 0 Å². The minimum absolute atomic E-state index is 0.0130. The summed E-state index contributed by atoms with van der Waals surface area (Å²) in [6.07, 6.45) is 7.35. The molecule has 0 unspecified atom stereocenters. The highest BCUT2D eigenvalue weighted by Crippen LogP contribution is 2.40. The number of benzene rings is 2. The van der Waals surface area contributed by atoms with Gasteiger partial charge in [-0.1, -0.05) is 125 Å². The van der Waals surface area contributed by atoms with E-state index >= 15 is 0 Å². The second-order valence-corrected chi connectivity index (χ2v) is 23.8. The van der Waals surface area contributed by atoms with Crippen LogP contribution in [-0.4, -0.2) is 72.2 Å². The van der Waals surface area contributed by atoms with E-state index in [1.54, 1.807) is 6.08 Å². The molecule has 2 aromatic carbocycles. The molecule has 0 amide bonds. The molecule has 0 radical (unpaired) electrons. The monoisotopic (exact) mass is 626 g/mol. The molecule has 8 heteroatoms. The van der Waals surface area contributed by atoms with E-state index < -0.39 is 28.3 Å². The van der Waals surface area contributed by atoms with Crippen molar-refractivity contribution in [2.75, 3.05) is 26.6 Å². The van der Waals surface area contributed by atoms with Crippen LogP contribution in [0.3, 0.4) is 0 Å². The van der Waals surface area contributed by atoms with E-state index in [-0.39, 0.29) is 30.6 Å². The van der Waals surface area contributed by atoms with Crippen molar-refractivity contribution in [3.8, 4) is 0 Å². The maximum Gasteiger partial charge on any atom is 0.262 e. The van der Waals surface area contributed by atoms with E-state index in [1.165, 1.54) is 10.4 Å². The number of aliphatic hydroxyl groups is 1. The summed E-state index contributed by atoms with van der Waals surface area (Å²) in [6, 6.07) is 22.4. The van der Waals surface area contributed by atoms with Gasteiger partial charge in [0.25, 0.3) is 8.32 Å². The van der Waals surface area contributed by atoms with Crippen LogP contribution in [0.15, 0.2) is 85.0 Å². The molecule has 0 aromatic heterocycles. The number of ether oxygens (including phenoxy) is 4. The lowest BCUT2D eigenvalue weighted by Gasteiger charge is -2.45. The fourth-order valence-electron chi connectivity index (χ4n) is 5.54. The lowest BCUT2D eigenvalue weighted by molar-refractivity contribution is -0.151. The third-order valence-electron chi connectivity index (χ3n) is 7.62. The van der Waals surface area contributed by atoms with E-state index in [2.05, 4.69) is 107 Å². The van der Waals surface area contributed by atoms with Gasteiger partial charge in [-0.15, -0.1) is 0 Å². The Kier molecular flexibility index (Phi) is 13.2. The second-order valence-electron chi connectivity index (χ2n) is 13.9. The van der Waals surface area contributed by atoms with Crippen molar-refractivity contribution >= 4 is 26.8 Å². The maximum absolute atomic E-state index is 9.36. The van der Waals surface area contributed by atoms with Gasteiger partial charge in [0.1, 0.15) is 12.9 Å². The van der Waals surface area contributed by atoms with Gasteiger partial charge >= 0.3 is 0 Å². The molecule has 0 saturated carbocycles. The Hall–Kier alpha value is -1.89. The van der Waals surface area contributed by atoms with Crippen molar-refractivity contribution in [3.63, 3.8) is 0 Å². The summed E-state index contributed by atoms with van der Waals surface area (Å²) >= 11 is 0. The largest absolute Gasteiger partial charge is 0.398 e. The van der Waals surface area contributed by atoms with Crippen LogP contribution in [0.2, 0.25) is 30.7 Å². The predicted molar refractivity (Wildman–Crippen MR) is 181 cm³/mol. The zero-order chi connectivity index (χ0) is 31.6. The summed E-state index contributed by atoms with van der Waals surface area (Å²) in [5.41, 5.74) is 0. The minimum Gasteiger partial charge on any atom is -0.398 e. The molecule has 1 aliphatic heterocycles. The lowest BCUT2D eigenvalue weighted by atomic mass is 10.0. The van der Waals surface area contributed by atoms with Gasteiger partial charge in [-0.2, -0.15) is 0 Å². The molecule has 1 saturated heterocycles. The Morgan fingerprint density at radius 3 is 2.02 bits per heavy atom. The van der Waals surface area contributed by atoms with Crippen LogP contribution >= 0.6 is 0 Å². The highest BCUT2D eigenvalue weighted by molar-refractivity contribution is 6.99. The van der Waals surface area contributed by atoms with Crippen LogP contribution in [0.1, 0.15) is 41.0 Å². The first kappa shape index (κ1) is 35.6. The van der Waals surface area contributed by atoms with Gasteiger partial charge in [0.2, 0.25) is 0 Å². The Labute approximate surface area is 262 Å². The van der Waals surface area contributed by atoms with Crippen molar-refractivity contribution in [3.05, 3.63) is 85.0 Å². The quantitative estimate of drug-likeness (QED) is 0.103. The molecular formula is C35H54O6Si2. The topological polar surface area (TPSA) is 66.4 Å². The molecule has 3 atom stereocenters. The zero-order valence-electron chi connectivity index (χ0n) is 27.5. The summed E-state index contributed by atoms with van der Waals surface area (Å²) in [4.78, 5) is 0. The Morgan fingerprint density at radius 1 is 0.884 bits per heavy atom. The number of hydrogen-bond donors (Lipinski definition) is 1. The third kappa shape index (κ3) is 10.3. The van der Waals surface area contributed by atoms with Gasteiger partial charge in [-0.05, 0) is 41.7 Å². The van der Waals surface area contributed by atoms with Crippen molar-refractivity contribution in [1.29, 1.82) is 0 Å². The zero-order valence-corrected chi connectivity index (χ0v) is 29.5. The molecule has 1 heterocycles. The van der Waals surface area contributed by atoms with Gasteiger partial charge in [0, 0.05) is 14.7 Å². The SMILES string of the molecule is CC1(C)O[C@@H]([C@H](/C=C/COCOCC[Si](C)(C)C)O[Si](c2ccccc2)(c2ccccc2)C(C)(C)C)[C@@H](C/C=C\CO)O1. The maximum atomic E-state index is 9.36. The molecule has 43 heavy (non-hydrogen) atoms. The normalized spacial score (nSPS) is 20.3. The lowest BCUT2D eigenvalue weighted by Crippen LogP contribution is -2.68. The summed E-state index contributed by atoms with van der Waals surface area (Å²) in [5, 5.41) is 11.6. The molecule has 1 N–H and O–H groups in total. The number of hydrogen-bond acceptors (Lipinski definition) is 6. The summed E-state index contributed by atoms with van der Waals surface area (Å²) in [6.45, 7) is 19.1. The third-order valence-corrected chi connectivity index (χ3v) is 14.4. The van der Waals surface area contributed by atoms with Gasteiger partial charge in [0.05, 0.1) is 25.4 Å². The van der Waals surface area contributed by atoms with Crippen molar-refractivity contribution < 1.29 is 28.5 Å². The Bertz CT molecular complexity index is 1100. The van der Waals surface area contributed by atoms with Gasteiger partial charge < -0.3 is 28.5 Å². The summed E-state index contributed by atoms with van der Waals surface area (Å²) in [7, 11) is -4.04. The van der Waals surface area contributed by atoms with Gasteiger partial charge in [0.15, 0.2) is 5.79 Å². The van der Waals surface area contributed by atoms with Crippen LogP contribution in [0.25, 0.3) is 0 Å². The van der Waals surface area contributed by atoms with Crippen LogP contribution < -0.4 is 10.4 Å². The molecule has 238 valence electrons. The average Bonchev–Trinajstić information content (AvgIpc) is 3.25. The van der Waals surface area contributed by atoms with E-state index in [0.717, 1.165) is 12.7 Å². The van der Waals surface area contributed by atoms with E-state index in [4.69, 9.17) is 23.4 Å². The highest BCUT2D eigenvalue weighted by Gasteiger charge is 2.54. The first-order chi connectivity index (χ1) is 20.3. The van der Waals surface area contributed by atoms with E-state index in [9.17, 15) is 5.11 Å². The van der Waals surface area contributed by atoms with Crippen LogP contribution in [-0.2, 0) is 23.4 Å². The van der Waals surface area contributed by atoms with Crippen LogP contribution in [0.5, 0.6) is 0 Å². The van der Waals surface area contributed by atoms with E-state index in [1.807, 2.05) is 26.0 Å². The van der Waals surface area contributed by atoms with Crippen LogP contribution in [0, 0.1) is 0 Å². The molecule has 0 spiro atoms. The molecular weight excluding hydrogens is 573 g/mol. The molecule has 6 nitrogen and oxygen atoms in total. The van der Waals surface area contributed by atoms with Crippen LogP contribution in [0.4, 0.5) is 0 Å². The number of rotatable bonds is 16. The van der Waals surface area contributed by atoms with Gasteiger partial charge in [-0.25, -0.2) is 0 Å². The molecule has 0 bridgehead atoms. The van der Waals surface area contributed by atoms with Crippen molar-refractivity contribution in [1.82, 2.24) is 0 Å². The van der Waals surface area contributed by atoms with Gasteiger partial charge in [-0.3, -0.25) is 0 Å². The molecule has 0 aliphatic carbocycles. The predicted octanol–water partition coefficient (Wildman–Crippen LogP) is 6.28. The molecule has 1 fully saturated rings. The standard InChI is InChI=1S/C35H54O6Si2/c1-34(2,3)43(29-18-11-9-12-19-29,30-20-13-10-14-21-30)41-32(23-17-25-37-28-38-26-27-42(6,7)8)33-31(22-15-16-24-36)39-35(4,5)40-33/h9-21,23,31-33,36H,22,24-28H2,1-8H3/b16-15-,23-17+/t31-,32+,33-/m1/s1. The summed E-state index contributed by atoms with van der Waals surface area (Å²) in [5.74, 6) is -0.774. The van der Waals surface area contributed by atoms with E-state index in [0.29, 0.717) is 13.0 Å². The first-order valence-electron chi connectivity index (χ1n) is 15.5. The number of aliphatic hydroxyl groups excluding tert-OH is 1. The minimum atomic E-state index is -2.90. The first-order valence-corrected chi connectivity index (χ1v) is 21.1. The highest BCUT2D eigenvalue weighted by atomic mass is 28.4. The Morgan fingerprint density at radius 2 is 1.49 bits per heavy atom. The van der Waals surface area contributed by atoms with Crippen molar-refractivity contribution in [2.45, 2.75) is 95.9 Å². The second kappa shape index (κ2) is 15.9. The fraction of sp³-hybridized carbons (Fsp3) is 0.543. The molecule has 2 aromatic rings. The summed E-state index contributed by atoms with van der Waals surface area (Å²) < 4.78 is 32.1. The average molecular weight is 627 g/mol. The fourth-order valence-corrected chi connectivity index (χ4v) is 10.9. The smallest absolute Gasteiger partial charge is 0.262 e. The Balaban J connectivity index is 1.98.